The molecule has 0 bridgehead atoms. The molecule has 0 unspecified atom stereocenters. The average Bonchev–Trinajstić information content (AvgIpc) is 2.94. The predicted molar refractivity (Wildman–Crippen MR) is 77.6 cm³/mol. The van der Waals surface area contributed by atoms with Crippen LogP contribution in [0.15, 0.2) is 0 Å². The van der Waals surface area contributed by atoms with E-state index < -0.39 is 5.60 Å². The number of aliphatic hydroxyl groups is 1. The van der Waals surface area contributed by atoms with Gasteiger partial charge in [-0.05, 0) is 52.5 Å². The van der Waals surface area contributed by atoms with Crippen molar-refractivity contribution in [2.24, 2.45) is 5.92 Å². The van der Waals surface area contributed by atoms with Gasteiger partial charge in [-0.1, -0.05) is 0 Å². The molecule has 2 heterocycles. The number of aliphatic hydroxyl groups excluding tert-OH is 1. The first-order chi connectivity index (χ1) is 9.39. The zero-order valence-corrected chi connectivity index (χ0v) is 13.0. The normalized spacial score (nSPS) is 28.1. The second kappa shape index (κ2) is 6.31. The fourth-order valence-corrected chi connectivity index (χ4v) is 3.14. The molecule has 2 aliphatic heterocycles. The number of ether oxygens (including phenoxy) is 1. The molecule has 0 aromatic carbocycles. The van der Waals surface area contributed by atoms with Gasteiger partial charge in [0.1, 0.15) is 5.60 Å². The Morgan fingerprint density at radius 2 is 2.00 bits per heavy atom. The molecular formula is C15H28N2O3. The highest BCUT2D eigenvalue weighted by Crippen LogP contribution is 2.26. The van der Waals surface area contributed by atoms with E-state index in [2.05, 4.69) is 4.90 Å². The Morgan fingerprint density at radius 1 is 1.25 bits per heavy atom. The van der Waals surface area contributed by atoms with Gasteiger partial charge in [0, 0.05) is 32.3 Å². The first kappa shape index (κ1) is 15.6. The third-order valence-corrected chi connectivity index (χ3v) is 4.19. The van der Waals surface area contributed by atoms with E-state index in [1.807, 2.05) is 25.7 Å². The Morgan fingerprint density at radius 3 is 2.65 bits per heavy atom. The highest BCUT2D eigenvalue weighted by Gasteiger charge is 2.35. The van der Waals surface area contributed by atoms with E-state index in [9.17, 15) is 4.79 Å². The molecule has 5 heteroatoms. The summed E-state index contributed by atoms with van der Waals surface area (Å²) in [5.41, 5.74) is -0.422. The maximum Gasteiger partial charge on any atom is 0.410 e. The number of hydrogen-bond acceptors (Lipinski definition) is 4. The van der Waals surface area contributed by atoms with Gasteiger partial charge in [-0.2, -0.15) is 0 Å². The Hall–Kier alpha value is -0.810. The third-order valence-electron chi connectivity index (χ3n) is 4.19. The summed E-state index contributed by atoms with van der Waals surface area (Å²) in [4.78, 5) is 16.3. The molecule has 0 aromatic rings. The van der Waals surface area contributed by atoms with Crippen molar-refractivity contribution in [2.75, 3.05) is 32.8 Å². The fourth-order valence-electron chi connectivity index (χ4n) is 3.14. The second-order valence-electron chi connectivity index (χ2n) is 7.03. The van der Waals surface area contributed by atoms with E-state index in [4.69, 9.17) is 9.84 Å². The monoisotopic (exact) mass is 284 g/mol. The van der Waals surface area contributed by atoms with Crippen molar-refractivity contribution in [3.63, 3.8) is 0 Å². The predicted octanol–water partition coefficient (Wildman–Crippen LogP) is 1.70. The van der Waals surface area contributed by atoms with Gasteiger partial charge >= 0.3 is 6.09 Å². The maximum absolute atomic E-state index is 12.0. The summed E-state index contributed by atoms with van der Waals surface area (Å²) in [6, 6.07) is 0.464. The molecular weight excluding hydrogens is 256 g/mol. The minimum atomic E-state index is -0.422. The molecule has 5 nitrogen and oxygen atoms in total. The highest BCUT2D eigenvalue weighted by atomic mass is 16.6. The van der Waals surface area contributed by atoms with Crippen LogP contribution in [-0.4, -0.2) is 65.4 Å². The zero-order valence-electron chi connectivity index (χ0n) is 13.0. The molecule has 116 valence electrons. The molecule has 0 saturated carbocycles. The lowest BCUT2D eigenvalue weighted by Gasteiger charge is -2.26. The lowest BCUT2D eigenvalue weighted by Crippen LogP contribution is -2.39. The quantitative estimate of drug-likeness (QED) is 0.857. The van der Waals surface area contributed by atoms with Crippen LogP contribution < -0.4 is 0 Å². The van der Waals surface area contributed by atoms with Crippen LogP contribution in [0, 0.1) is 5.92 Å². The Labute approximate surface area is 121 Å². The molecule has 0 radical (unpaired) electrons. The molecule has 2 saturated heterocycles. The van der Waals surface area contributed by atoms with Gasteiger partial charge in [0.05, 0.1) is 0 Å². The van der Waals surface area contributed by atoms with Gasteiger partial charge < -0.3 is 14.7 Å². The van der Waals surface area contributed by atoms with Crippen LogP contribution in [-0.2, 0) is 4.74 Å². The number of likely N-dealkylation sites (tertiary alicyclic amines) is 2. The number of carbonyl (C=O) groups is 1. The fraction of sp³-hybridized carbons (Fsp3) is 0.933. The molecule has 1 amide bonds. The van der Waals surface area contributed by atoms with E-state index in [0.717, 1.165) is 39.0 Å². The van der Waals surface area contributed by atoms with Crippen LogP contribution in [0.1, 0.15) is 40.0 Å². The summed E-state index contributed by atoms with van der Waals surface area (Å²) >= 11 is 0. The maximum atomic E-state index is 12.0. The van der Waals surface area contributed by atoms with Crippen molar-refractivity contribution in [2.45, 2.75) is 51.7 Å². The summed E-state index contributed by atoms with van der Waals surface area (Å²) in [6.45, 7) is 9.72. The van der Waals surface area contributed by atoms with E-state index in [-0.39, 0.29) is 12.7 Å². The lowest BCUT2D eigenvalue weighted by molar-refractivity contribution is 0.0282. The molecule has 0 aromatic heterocycles. The summed E-state index contributed by atoms with van der Waals surface area (Å²) < 4.78 is 5.43. The van der Waals surface area contributed by atoms with Crippen LogP contribution in [0.5, 0.6) is 0 Å². The molecule has 20 heavy (non-hydrogen) atoms. The van der Waals surface area contributed by atoms with Gasteiger partial charge in [-0.3, -0.25) is 4.90 Å². The van der Waals surface area contributed by atoms with Crippen LogP contribution in [0.3, 0.4) is 0 Å². The minimum absolute atomic E-state index is 0.189. The molecule has 0 spiro atoms. The topological polar surface area (TPSA) is 53.0 Å². The minimum Gasteiger partial charge on any atom is -0.444 e. The van der Waals surface area contributed by atoms with Crippen molar-refractivity contribution in [3.8, 4) is 0 Å². The van der Waals surface area contributed by atoms with Crippen LogP contribution in [0.2, 0.25) is 0 Å². The number of nitrogens with zero attached hydrogens (tertiary/aromatic N) is 2. The zero-order chi connectivity index (χ0) is 14.8. The number of amides is 1. The van der Waals surface area contributed by atoms with Crippen LogP contribution in [0.4, 0.5) is 4.79 Å². The highest BCUT2D eigenvalue weighted by molar-refractivity contribution is 5.68. The molecule has 1 N–H and O–H groups in total. The van der Waals surface area contributed by atoms with Crippen LogP contribution >= 0.6 is 0 Å². The van der Waals surface area contributed by atoms with Gasteiger partial charge in [-0.25, -0.2) is 4.79 Å². The van der Waals surface area contributed by atoms with E-state index in [1.54, 1.807) is 0 Å². The van der Waals surface area contributed by atoms with Crippen molar-refractivity contribution in [1.82, 2.24) is 9.80 Å². The molecule has 2 fully saturated rings. The van der Waals surface area contributed by atoms with Crippen molar-refractivity contribution >= 4 is 6.09 Å². The summed E-state index contributed by atoms with van der Waals surface area (Å²) in [5, 5.41) is 9.01. The van der Waals surface area contributed by atoms with E-state index >= 15 is 0 Å². The van der Waals surface area contributed by atoms with Crippen molar-refractivity contribution in [1.29, 1.82) is 0 Å². The van der Waals surface area contributed by atoms with Crippen LogP contribution in [0.25, 0.3) is 0 Å². The molecule has 0 aliphatic carbocycles. The largest absolute Gasteiger partial charge is 0.444 e. The summed E-state index contributed by atoms with van der Waals surface area (Å²) in [6.07, 6.45) is 2.92. The Bertz CT molecular complexity index is 341. The number of carbonyl (C=O) groups excluding carboxylic acids is 1. The second-order valence-corrected chi connectivity index (χ2v) is 7.03. The standard InChI is InChI=1S/C15H28N2O3/c1-15(2,3)20-14(19)17-8-5-13(11-17)16-7-4-12(10-16)6-9-18/h12-13,18H,4-11H2,1-3H3/t12-,13+/m0/s1. The Balaban J connectivity index is 1.79. The van der Waals surface area contributed by atoms with E-state index in [0.29, 0.717) is 12.0 Å². The Kier molecular flexibility index (Phi) is 4.91. The van der Waals surface area contributed by atoms with Crippen molar-refractivity contribution < 1.29 is 14.6 Å². The van der Waals surface area contributed by atoms with Crippen molar-refractivity contribution in [3.05, 3.63) is 0 Å². The van der Waals surface area contributed by atoms with Gasteiger partial charge in [0.25, 0.3) is 0 Å². The van der Waals surface area contributed by atoms with Gasteiger partial charge in [0.2, 0.25) is 0 Å². The third kappa shape index (κ3) is 4.09. The smallest absolute Gasteiger partial charge is 0.410 e. The van der Waals surface area contributed by atoms with Gasteiger partial charge in [-0.15, -0.1) is 0 Å². The lowest BCUT2D eigenvalue weighted by atomic mass is 10.1. The first-order valence-corrected chi connectivity index (χ1v) is 7.72. The molecule has 2 aliphatic rings. The van der Waals surface area contributed by atoms with Gasteiger partial charge in [0.15, 0.2) is 0 Å². The molecule has 2 atom stereocenters. The first-order valence-electron chi connectivity index (χ1n) is 7.72. The average molecular weight is 284 g/mol. The molecule has 2 rings (SSSR count). The number of rotatable bonds is 3. The van der Waals surface area contributed by atoms with E-state index in [1.165, 1.54) is 6.42 Å². The summed E-state index contributed by atoms with van der Waals surface area (Å²) in [7, 11) is 0. The summed E-state index contributed by atoms with van der Waals surface area (Å²) in [5.74, 6) is 0.621. The number of hydrogen-bond donors (Lipinski definition) is 1. The SMILES string of the molecule is CC(C)(C)OC(=O)N1CC[C@@H](N2CC[C@@H](CCO)C2)C1.